The molecule has 0 aliphatic carbocycles. The number of benzene rings is 1. The molecule has 1 aromatic carbocycles. The van der Waals surface area contributed by atoms with Gasteiger partial charge in [0.2, 0.25) is 17.6 Å². The summed E-state index contributed by atoms with van der Waals surface area (Å²) in [6.45, 7) is 1.58. The van der Waals surface area contributed by atoms with Gasteiger partial charge in [-0.3, -0.25) is 9.59 Å². The fourth-order valence-corrected chi connectivity index (χ4v) is 3.63. The number of rotatable bonds is 7. The van der Waals surface area contributed by atoms with Crippen LogP contribution in [0.2, 0.25) is 0 Å². The van der Waals surface area contributed by atoms with Crippen LogP contribution in [-0.4, -0.2) is 34.8 Å². The molecule has 150 valence electrons. The summed E-state index contributed by atoms with van der Waals surface area (Å²) in [4.78, 5) is 34.6. The zero-order valence-corrected chi connectivity index (χ0v) is 16.4. The topological polar surface area (TPSA) is 124 Å². The molecule has 0 saturated carbocycles. The maximum Gasteiger partial charge on any atom is 0.240 e. The Morgan fingerprint density at radius 1 is 1.21 bits per heavy atom. The number of amides is 1. The van der Waals surface area contributed by atoms with E-state index in [9.17, 15) is 14.0 Å². The van der Waals surface area contributed by atoms with Gasteiger partial charge in [0.15, 0.2) is 5.13 Å². The third-order valence-electron chi connectivity index (χ3n) is 4.17. The molecule has 0 saturated heterocycles. The fourth-order valence-electron chi connectivity index (χ4n) is 2.58. The van der Waals surface area contributed by atoms with Gasteiger partial charge in [-0.05, 0) is 37.3 Å². The Bertz CT molecular complexity index is 1040. The van der Waals surface area contributed by atoms with E-state index in [4.69, 9.17) is 16.2 Å². The summed E-state index contributed by atoms with van der Waals surface area (Å²) in [5, 5.41) is 0.283. The third kappa shape index (κ3) is 4.16. The highest BCUT2D eigenvalue weighted by Gasteiger charge is 2.27. The van der Waals surface area contributed by atoms with Crippen LogP contribution in [0.4, 0.5) is 21.0 Å². The number of carbonyl (C=O) groups excluding carboxylic acids is 2. The Hall–Kier alpha value is -3.53. The van der Waals surface area contributed by atoms with E-state index in [1.807, 2.05) is 0 Å². The van der Waals surface area contributed by atoms with E-state index in [1.54, 1.807) is 19.1 Å². The predicted octanol–water partition coefficient (Wildman–Crippen LogP) is 2.51. The molecule has 1 unspecified atom stereocenters. The maximum absolute atomic E-state index is 13.3. The van der Waals surface area contributed by atoms with Crippen molar-refractivity contribution in [3.63, 3.8) is 0 Å². The second-order valence-electron chi connectivity index (χ2n) is 6.05. The number of carbonyl (C=O) groups is 2. The van der Waals surface area contributed by atoms with Crippen molar-refractivity contribution < 1.29 is 18.7 Å². The van der Waals surface area contributed by atoms with E-state index in [0.717, 1.165) is 11.3 Å². The molecule has 1 atom stereocenters. The van der Waals surface area contributed by atoms with E-state index in [2.05, 4.69) is 9.97 Å². The molecular formula is C19H18FN5O3S. The molecular weight excluding hydrogens is 397 g/mol. The highest BCUT2D eigenvalue weighted by molar-refractivity contribution is 7.18. The first-order valence-electron chi connectivity index (χ1n) is 8.47. The number of pyridine rings is 1. The Balaban J connectivity index is 2.01. The summed E-state index contributed by atoms with van der Waals surface area (Å²) < 4.78 is 18.3. The zero-order valence-electron chi connectivity index (χ0n) is 15.6. The van der Waals surface area contributed by atoms with Crippen molar-refractivity contribution in [2.75, 3.05) is 17.7 Å². The van der Waals surface area contributed by atoms with E-state index in [-0.39, 0.29) is 21.6 Å². The van der Waals surface area contributed by atoms with Crippen LogP contribution in [-0.2, 0) is 4.79 Å². The monoisotopic (exact) mass is 415 g/mol. The summed E-state index contributed by atoms with van der Waals surface area (Å²) in [5.41, 5.74) is 12.2. The molecule has 2 heterocycles. The second-order valence-corrected chi connectivity index (χ2v) is 7.03. The highest BCUT2D eigenvalue weighted by atomic mass is 32.1. The number of aromatic nitrogens is 2. The third-order valence-corrected chi connectivity index (χ3v) is 5.24. The standard InChI is InChI=1S/C19H18FN5O3S/c1-10(18(22)27)25(13-6-4-12(20)5-7-13)19-24-17(21)16(29-19)15(26)11-3-8-14(28-2)23-9-11/h3-10H,21H2,1-2H3,(H2,22,27). The molecule has 1 amide bonds. The number of methoxy groups -OCH3 is 1. The van der Waals surface area contributed by atoms with Gasteiger partial charge in [0.05, 0.1) is 7.11 Å². The van der Waals surface area contributed by atoms with Crippen LogP contribution in [0.15, 0.2) is 42.6 Å². The van der Waals surface area contributed by atoms with Crippen molar-refractivity contribution >= 4 is 39.7 Å². The Kier molecular flexibility index (Phi) is 5.74. The smallest absolute Gasteiger partial charge is 0.240 e. The van der Waals surface area contributed by atoms with Crippen LogP contribution in [0.5, 0.6) is 5.88 Å². The quantitative estimate of drug-likeness (QED) is 0.568. The molecule has 0 spiro atoms. The molecule has 0 aliphatic heterocycles. The van der Waals surface area contributed by atoms with Crippen molar-refractivity contribution in [1.82, 2.24) is 9.97 Å². The van der Waals surface area contributed by atoms with Gasteiger partial charge in [0.25, 0.3) is 0 Å². The van der Waals surface area contributed by atoms with Gasteiger partial charge in [0.1, 0.15) is 22.6 Å². The van der Waals surface area contributed by atoms with Crippen molar-refractivity contribution in [2.45, 2.75) is 13.0 Å². The number of ether oxygens (including phenoxy) is 1. The molecule has 10 heteroatoms. The maximum atomic E-state index is 13.3. The summed E-state index contributed by atoms with van der Waals surface area (Å²) in [7, 11) is 1.47. The van der Waals surface area contributed by atoms with Gasteiger partial charge in [-0.2, -0.15) is 0 Å². The highest BCUT2D eigenvalue weighted by Crippen LogP contribution is 2.35. The first-order valence-corrected chi connectivity index (χ1v) is 9.28. The lowest BCUT2D eigenvalue weighted by Gasteiger charge is -2.26. The Morgan fingerprint density at radius 3 is 2.45 bits per heavy atom. The molecule has 2 aromatic heterocycles. The van der Waals surface area contributed by atoms with E-state index >= 15 is 0 Å². The lowest BCUT2D eigenvalue weighted by atomic mass is 10.1. The summed E-state index contributed by atoms with van der Waals surface area (Å²) >= 11 is 1.00. The molecule has 29 heavy (non-hydrogen) atoms. The van der Waals surface area contributed by atoms with E-state index < -0.39 is 17.8 Å². The minimum Gasteiger partial charge on any atom is -0.481 e. The predicted molar refractivity (Wildman–Crippen MR) is 108 cm³/mol. The first-order chi connectivity index (χ1) is 13.8. The van der Waals surface area contributed by atoms with Gasteiger partial charge in [-0.1, -0.05) is 11.3 Å². The number of hydrogen-bond acceptors (Lipinski definition) is 8. The number of halogens is 1. The zero-order chi connectivity index (χ0) is 21.1. The van der Waals surface area contributed by atoms with Gasteiger partial charge in [-0.25, -0.2) is 14.4 Å². The molecule has 0 fully saturated rings. The largest absolute Gasteiger partial charge is 0.481 e. The number of hydrogen-bond donors (Lipinski definition) is 2. The normalized spacial score (nSPS) is 11.7. The lowest BCUT2D eigenvalue weighted by molar-refractivity contribution is -0.118. The molecule has 3 aromatic rings. The van der Waals surface area contributed by atoms with E-state index in [1.165, 1.54) is 42.5 Å². The number of primary amides is 1. The molecule has 0 radical (unpaired) electrons. The average Bonchev–Trinajstić information content (AvgIpc) is 3.10. The lowest BCUT2D eigenvalue weighted by Crippen LogP contribution is -2.39. The minimum absolute atomic E-state index is 0.00889. The molecule has 3 rings (SSSR count). The average molecular weight is 415 g/mol. The van der Waals surface area contributed by atoms with Crippen LogP contribution in [0.3, 0.4) is 0 Å². The van der Waals surface area contributed by atoms with Crippen LogP contribution in [0, 0.1) is 5.82 Å². The number of anilines is 3. The van der Waals surface area contributed by atoms with Crippen LogP contribution in [0.1, 0.15) is 22.2 Å². The SMILES string of the molecule is COc1ccc(C(=O)c2sc(N(c3ccc(F)cc3)C(C)C(N)=O)nc2N)cn1. The van der Waals surface area contributed by atoms with Gasteiger partial charge in [0, 0.05) is 23.5 Å². The van der Waals surface area contributed by atoms with E-state index in [0.29, 0.717) is 17.1 Å². The van der Waals surface area contributed by atoms with Crippen molar-refractivity contribution in [2.24, 2.45) is 5.73 Å². The van der Waals surface area contributed by atoms with Crippen LogP contribution < -0.4 is 21.1 Å². The fraction of sp³-hybridized carbons (Fsp3) is 0.158. The molecule has 0 aliphatic rings. The van der Waals surface area contributed by atoms with Crippen LogP contribution in [0.25, 0.3) is 0 Å². The summed E-state index contributed by atoms with van der Waals surface area (Å²) in [6.07, 6.45) is 1.38. The van der Waals surface area contributed by atoms with Crippen LogP contribution >= 0.6 is 11.3 Å². The Morgan fingerprint density at radius 2 is 1.90 bits per heavy atom. The number of nitrogen functional groups attached to an aromatic ring is 1. The van der Waals surface area contributed by atoms with Gasteiger partial charge < -0.3 is 21.1 Å². The summed E-state index contributed by atoms with van der Waals surface area (Å²) in [6, 6.07) is 7.80. The first kappa shape index (κ1) is 20.2. The second kappa shape index (κ2) is 8.23. The van der Waals surface area contributed by atoms with Gasteiger partial charge >= 0.3 is 0 Å². The molecule has 4 N–H and O–H groups in total. The van der Waals surface area contributed by atoms with Crippen molar-refractivity contribution in [3.05, 3.63) is 58.9 Å². The van der Waals surface area contributed by atoms with Gasteiger partial charge in [-0.15, -0.1) is 0 Å². The summed E-state index contributed by atoms with van der Waals surface area (Å²) in [5.74, 6) is -1.03. The number of ketones is 1. The molecule has 8 nitrogen and oxygen atoms in total. The van der Waals surface area contributed by atoms with Crippen molar-refractivity contribution in [3.8, 4) is 5.88 Å². The number of nitrogens with zero attached hydrogens (tertiary/aromatic N) is 3. The number of nitrogens with two attached hydrogens (primary N) is 2. The number of thiazole rings is 1. The Labute approximate surface area is 169 Å². The minimum atomic E-state index is -0.809. The molecule has 0 bridgehead atoms. The van der Waals surface area contributed by atoms with Crippen molar-refractivity contribution in [1.29, 1.82) is 0 Å².